The van der Waals surface area contributed by atoms with Crippen molar-refractivity contribution in [2.24, 2.45) is 18.7 Å². The highest BCUT2D eigenvalue weighted by atomic mass is 16.2. The molecule has 0 saturated carbocycles. The molecule has 2 atom stereocenters. The van der Waals surface area contributed by atoms with Crippen molar-refractivity contribution in [1.29, 1.82) is 0 Å². The number of aryl methyl sites for hydroxylation is 1. The number of nitrogens with two attached hydrogens (primary N) is 1. The van der Waals surface area contributed by atoms with Crippen LogP contribution in [0.2, 0.25) is 0 Å². The zero-order chi connectivity index (χ0) is 12.4. The standard InChI is InChI=1S/C12H20N4O/c1-9-4-3-6-16(11(9)8-13)12(17)10-5-7-15(2)14-10/h5,7,9,11H,3-4,6,8,13H2,1-2H3. The smallest absolute Gasteiger partial charge is 0.274 e. The van der Waals surface area contributed by atoms with Crippen molar-refractivity contribution in [2.75, 3.05) is 13.1 Å². The molecule has 5 nitrogen and oxygen atoms in total. The maximum atomic E-state index is 12.3. The molecule has 0 aromatic carbocycles. The molecule has 1 aromatic rings. The van der Waals surface area contributed by atoms with Gasteiger partial charge in [0, 0.05) is 32.4 Å². The van der Waals surface area contributed by atoms with Gasteiger partial charge in [0.05, 0.1) is 0 Å². The topological polar surface area (TPSA) is 64.2 Å². The molecule has 2 N–H and O–H groups in total. The van der Waals surface area contributed by atoms with Crippen molar-refractivity contribution in [3.63, 3.8) is 0 Å². The molecule has 0 bridgehead atoms. The molecule has 1 saturated heterocycles. The van der Waals surface area contributed by atoms with Crippen LogP contribution in [0, 0.1) is 5.92 Å². The summed E-state index contributed by atoms with van der Waals surface area (Å²) in [6.07, 6.45) is 3.99. The van der Waals surface area contributed by atoms with E-state index in [0.717, 1.165) is 19.4 Å². The van der Waals surface area contributed by atoms with E-state index in [0.29, 0.717) is 18.2 Å². The van der Waals surface area contributed by atoms with E-state index in [9.17, 15) is 4.79 Å². The minimum atomic E-state index is 0.00704. The predicted molar refractivity (Wildman–Crippen MR) is 65.5 cm³/mol. The highest BCUT2D eigenvalue weighted by molar-refractivity contribution is 5.92. The first kappa shape index (κ1) is 12.1. The molecule has 0 spiro atoms. The van der Waals surface area contributed by atoms with Crippen LogP contribution in [0.15, 0.2) is 12.3 Å². The Morgan fingerprint density at radius 2 is 2.41 bits per heavy atom. The Morgan fingerprint density at radius 3 is 3.00 bits per heavy atom. The summed E-state index contributed by atoms with van der Waals surface area (Å²) in [6, 6.07) is 1.91. The van der Waals surface area contributed by atoms with Gasteiger partial charge in [0.1, 0.15) is 5.69 Å². The first-order valence-electron chi connectivity index (χ1n) is 6.14. The number of rotatable bonds is 2. The first-order chi connectivity index (χ1) is 8.13. The minimum Gasteiger partial charge on any atom is -0.333 e. The zero-order valence-corrected chi connectivity index (χ0v) is 10.5. The Labute approximate surface area is 102 Å². The van der Waals surface area contributed by atoms with E-state index >= 15 is 0 Å². The zero-order valence-electron chi connectivity index (χ0n) is 10.5. The maximum absolute atomic E-state index is 12.3. The first-order valence-corrected chi connectivity index (χ1v) is 6.14. The van der Waals surface area contributed by atoms with E-state index in [1.165, 1.54) is 0 Å². The van der Waals surface area contributed by atoms with Crippen LogP contribution in [-0.2, 0) is 7.05 Å². The summed E-state index contributed by atoms with van der Waals surface area (Å²) in [5, 5.41) is 4.16. The fraction of sp³-hybridized carbons (Fsp3) is 0.667. The Morgan fingerprint density at radius 1 is 1.65 bits per heavy atom. The average molecular weight is 236 g/mol. The van der Waals surface area contributed by atoms with Gasteiger partial charge in [-0.05, 0) is 24.8 Å². The third-order valence-corrected chi connectivity index (χ3v) is 3.55. The maximum Gasteiger partial charge on any atom is 0.274 e. The fourth-order valence-electron chi connectivity index (χ4n) is 2.54. The van der Waals surface area contributed by atoms with Gasteiger partial charge in [-0.1, -0.05) is 6.92 Å². The minimum absolute atomic E-state index is 0.00704. The van der Waals surface area contributed by atoms with Gasteiger partial charge in [-0.3, -0.25) is 9.48 Å². The van der Waals surface area contributed by atoms with Crippen molar-refractivity contribution in [3.05, 3.63) is 18.0 Å². The van der Waals surface area contributed by atoms with Crippen molar-refractivity contribution < 1.29 is 4.79 Å². The van der Waals surface area contributed by atoms with Crippen LogP contribution in [0.1, 0.15) is 30.3 Å². The lowest BCUT2D eigenvalue weighted by molar-refractivity contribution is 0.0526. The Balaban J connectivity index is 2.17. The SMILES string of the molecule is CC1CCCN(C(=O)c2ccn(C)n2)C1CN. The number of aromatic nitrogens is 2. The number of amides is 1. The Kier molecular flexibility index (Phi) is 3.47. The Hall–Kier alpha value is -1.36. The molecule has 1 aliphatic heterocycles. The second-order valence-corrected chi connectivity index (χ2v) is 4.80. The summed E-state index contributed by atoms with van der Waals surface area (Å²) in [4.78, 5) is 14.2. The van der Waals surface area contributed by atoms with E-state index in [1.807, 2.05) is 11.9 Å². The quantitative estimate of drug-likeness (QED) is 0.818. The molecule has 0 radical (unpaired) electrons. The largest absolute Gasteiger partial charge is 0.333 e. The lowest BCUT2D eigenvalue weighted by Crippen LogP contribution is -2.51. The number of piperidine rings is 1. The molecule has 1 amide bonds. The summed E-state index contributed by atoms with van der Waals surface area (Å²) in [5.74, 6) is 0.481. The fourth-order valence-corrected chi connectivity index (χ4v) is 2.54. The second-order valence-electron chi connectivity index (χ2n) is 4.80. The van der Waals surface area contributed by atoms with Gasteiger partial charge in [0.15, 0.2) is 0 Å². The summed E-state index contributed by atoms with van der Waals surface area (Å²) < 4.78 is 1.65. The second kappa shape index (κ2) is 4.87. The van der Waals surface area contributed by atoms with Crippen LogP contribution in [0.25, 0.3) is 0 Å². The third-order valence-electron chi connectivity index (χ3n) is 3.55. The third kappa shape index (κ3) is 2.34. The van der Waals surface area contributed by atoms with Gasteiger partial charge in [0.2, 0.25) is 0 Å². The van der Waals surface area contributed by atoms with Gasteiger partial charge in [0.25, 0.3) is 5.91 Å². The molecule has 1 aliphatic rings. The Bertz CT molecular complexity index is 401. The molecular formula is C12H20N4O. The van der Waals surface area contributed by atoms with E-state index in [-0.39, 0.29) is 11.9 Å². The monoisotopic (exact) mass is 236 g/mol. The van der Waals surface area contributed by atoms with Gasteiger partial charge >= 0.3 is 0 Å². The van der Waals surface area contributed by atoms with Gasteiger partial charge in [-0.15, -0.1) is 0 Å². The van der Waals surface area contributed by atoms with Crippen LogP contribution < -0.4 is 5.73 Å². The number of hydrogen-bond donors (Lipinski definition) is 1. The van der Waals surface area contributed by atoms with Crippen molar-refractivity contribution >= 4 is 5.91 Å². The molecule has 2 unspecified atom stereocenters. The number of carbonyl (C=O) groups excluding carboxylic acids is 1. The molecule has 0 aliphatic carbocycles. The number of hydrogen-bond acceptors (Lipinski definition) is 3. The van der Waals surface area contributed by atoms with Gasteiger partial charge in [-0.25, -0.2) is 0 Å². The number of carbonyl (C=O) groups is 1. The van der Waals surface area contributed by atoms with Crippen LogP contribution >= 0.6 is 0 Å². The molecule has 1 aromatic heterocycles. The highest BCUT2D eigenvalue weighted by Crippen LogP contribution is 2.23. The summed E-state index contributed by atoms with van der Waals surface area (Å²) in [6.45, 7) is 3.48. The molecule has 17 heavy (non-hydrogen) atoms. The normalized spacial score (nSPS) is 25.0. The van der Waals surface area contributed by atoms with E-state index in [2.05, 4.69) is 12.0 Å². The van der Waals surface area contributed by atoms with Crippen molar-refractivity contribution in [3.8, 4) is 0 Å². The molecule has 5 heteroatoms. The van der Waals surface area contributed by atoms with Crippen molar-refractivity contribution in [1.82, 2.24) is 14.7 Å². The lowest BCUT2D eigenvalue weighted by Gasteiger charge is -2.39. The molecular weight excluding hydrogens is 216 g/mol. The van der Waals surface area contributed by atoms with Crippen LogP contribution in [0.3, 0.4) is 0 Å². The van der Waals surface area contributed by atoms with Crippen LogP contribution in [0.4, 0.5) is 0 Å². The molecule has 94 valence electrons. The predicted octanol–water partition coefficient (Wildman–Crippen LogP) is 0.620. The summed E-state index contributed by atoms with van der Waals surface area (Å²) in [7, 11) is 1.82. The summed E-state index contributed by atoms with van der Waals surface area (Å²) >= 11 is 0. The number of likely N-dealkylation sites (tertiary alicyclic amines) is 1. The van der Waals surface area contributed by atoms with Crippen molar-refractivity contribution in [2.45, 2.75) is 25.8 Å². The van der Waals surface area contributed by atoms with Gasteiger partial charge < -0.3 is 10.6 Å². The van der Waals surface area contributed by atoms with E-state index in [4.69, 9.17) is 5.73 Å². The lowest BCUT2D eigenvalue weighted by atomic mass is 9.90. The van der Waals surface area contributed by atoms with Crippen LogP contribution in [-0.4, -0.2) is 39.7 Å². The molecule has 2 heterocycles. The van der Waals surface area contributed by atoms with Crippen LogP contribution in [0.5, 0.6) is 0 Å². The van der Waals surface area contributed by atoms with E-state index in [1.54, 1.807) is 16.9 Å². The van der Waals surface area contributed by atoms with E-state index < -0.39 is 0 Å². The van der Waals surface area contributed by atoms with Gasteiger partial charge in [-0.2, -0.15) is 5.10 Å². The number of nitrogens with zero attached hydrogens (tertiary/aromatic N) is 3. The summed E-state index contributed by atoms with van der Waals surface area (Å²) in [5.41, 5.74) is 6.30. The highest BCUT2D eigenvalue weighted by Gasteiger charge is 2.32. The molecule has 2 rings (SSSR count). The molecule has 1 fully saturated rings. The average Bonchev–Trinajstić information content (AvgIpc) is 2.74.